The Hall–Kier alpha value is -0.700. The van der Waals surface area contributed by atoms with E-state index in [-0.39, 0.29) is 4.49 Å². The van der Waals surface area contributed by atoms with E-state index >= 15 is 0 Å². The number of carboxylic acids is 1. The maximum atomic E-state index is 11.6. The maximum Gasteiger partial charge on any atom is 0.311 e. The smallest absolute Gasteiger partial charge is 0.311 e. The molecule has 0 heterocycles. The Labute approximate surface area is 128 Å². The summed E-state index contributed by atoms with van der Waals surface area (Å²) in [4.78, 5) is 11.6. The Morgan fingerprint density at radius 3 is 2.21 bits per heavy atom. The molecule has 2 nitrogen and oxygen atoms in total. The van der Waals surface area contributed by atoms with E-state index in [1.54, 1.807) is 38.1 Å². The molecule has 2 unspecified atom stereocenters. The van der Waals surface area contributed by atoms with Crippen molar-refractivity contribution < 1.29 is 9.90 Å². The van der Waals surface area contributed by atoms with Crippen LogP contribution in [0.3, 0.4) is 0 Å². The van der Waals surface area contributed by atoms with Gasteiger partial charge in [-0.2, -0.15) is 0 Å². The highest BCUT2D eigenvalue weighted by Crippen LogP contribution is 2.42. The van der Waals surface area contributed by atoms with Gasteiger partial charge in [0.2, 0.25) is 0 Å². The van der Waals surface area contributed by atoms with Gasteiger partial charge in [0.15, 0.2) is 0 Å². The molecule has 19 heavy (non-hydrogen) atoms. The molecule has 0 bridgehead atoms. The largest absolute Gasteiger partial charge is 0.481 e. The molecule has 0 aliphatic rings. The molecule has 0 radical (unpaired) electrons. The molecular formula is C14H15Cl3O2. The maximum absolute atomic E-state index is 11.6. The molecule has 1 rings (SSSR count). The van der Waals surface area contributed by atoms with Gasteiger partial charge in [-0.3, -0.25) is 4.79 Å². The third-order valence-corrected chi connectivity index (χ3v) is 4.05. The lowest BCUT2D eigenvalue weighted by atomic mass is 9.72. The van der Waals surface area contributed by atoms with Gasteiger partial charge in [0, 0.05) is 5.41 Å². The Morgan fingerprint density at radius 1 is 1.26 bits per heavy atom. The SMILES string of the molecule is CC(C)(C(Cl)C=C(Cl)Cl)C(C(=O)O)c1ccccc1. The van der Waals surface area contributed by atoms with Gasteiger partial charge in [-0.05, 0) is 11.6 Å². The van der Waals surface area contributed by atoms with E-state index in [9.17, 15) is 9.90 Å². The molecule has 1 aromatic carbocycles. The van der Waals surface area contributed by atoms with Crippen molar-refractivity contribution in [1.29, 1.82) is 0 Å². The lowest BCUT2D eigenvalue weighted by molar-refractivity contribution is -0.141. The molecule has 0 saturated heterocycles. The fourth-order valence-corrected chi connectivity index (χ4v) is 2.65. The summed E-state index contributed by atoms with van der Waals surface area (Å²) in [6.07, 6.45) is 1.45. The summed E-state index contributed by atoms with van der Waals surface area (Å²) in [5.74, 6) is -1.68. The van der Waals surface area contributed by atoms with Crippen molar-refractivity contribution in [3.8, 4) is 0 Å². The van der Waals surface area contributed by atoms with Gasteiger partial charge in [-0.15, -0.1) is 11.6 Å². The number of hydrogen-bond acceptors (Lipinski definition) is 1. The second-order valence-electron chi connectivity index (χ2n) is 4.86. The van der Waals surface area contributed by atoms with Crippen molar-refractivity contribution in [1.82, 2.24) is 0 Å². The van der Waals surface area contributed by atoms with Gasteiger partial charge >= 0.3 is 5.97 Å². The molecule has 1 N–H and O–H groups in total. The van der Waals surface area contributed by atoms with Crippen LogP contribution in [0.1, 0.15) is 25.3 Å². The first kappa shape index (κ1) is 16.4. The summed E-state index contributed by atoms with van der Waals surface area (Å²) in [5, 5.41) is 8.90. The lowest BCUT2D eigenvalue weighted by Crippen LogP contribution is -2.35. The number of halogens is 3. The number of rotatable bonds is 5. The number of carbonyl (C=O) groups is 1. The molecule has 0 amide bonds. The topological polar surface area (TPSA) is 37.3 Å². The number of benzene rings is 1. The second-order valence-corrected chi connectivity index (χ2v) is 6.34. The lowest BCUT2D eigenvalue weighted by Gasteiger charge is -2.34. The molecule has 0 aliphatic heterocycles. The Morgan fingerprint density at radius 2 is 1.79 bits per heavy atom. The molecule has 1 aromatic rings. The van der Waals surface area contributed by atoms with Gasteiger partial charge in [0.05, 0.1) is 11.3 Å². The molecule has 5 heteroatoms. The first-order chi connectivity index (χ1) is 8.76. The van der Waals surface area contributed by atoms with E-state index in [1.165, 1.54) is 6.08 Å². The van der Waals surface area contributed by atoms with Gasteiger partial charge < -0.3 is 5.11 Å². The van der Waals surface area contributed by atoms with Crippen LogP contribution in [-0.2, 0) is 4.79 Å². The van der Waals surface area contributed by atoms with Crippen LogP contribution >= 0.6 is 34.8 Å². The standard InChI is InChI=1S/C14H15Cl3O2/c1-14(2,10(15)8-11(16)17)12(13(18)19)9-6-4-3-5-7-9/h3-8,10,12H,1-2H3,(H,18,19). The van der Waals surface area contributed by atoms with Crippen LogP contribution in [0.25, 0.3) is 0 Å². The van der Waals surface area contributed by atoms with Crippen molar-refractivity contribution in [2.75, 3.05) is 0 Å². The molecule has 0 aromatic heterocycles. The molecule has 0 fully saturated rings. The van der Waals surface area contributed by atoms with Crippen LogP contribution in [0.15, 0.2) is 40.9 Å². The Bertz CT molecular complexity index is 465. The van der Waals surface area contributed by atoms with E-state index in [0.29, 0.717) is 5.56 Å². The number of hydrogen-bond donors (Lipinski definition) is 1. The van der Waals surface area contributed by atoms with Gasteiger partial charge in [-0.25, -0.2) is 0 Å². The summed E-state index contributed by atoms with van der Waals surface area (Å²) in [5.41, 5.74) is -0.0474. The third kappa shape index (κ3) is 4.13. The summed E-state index contributed by atoms with van der Waals surface area (Å²) >= 11 is 17.5. The zero-order valence-electron chi connectivity index (χ0n) is 10.6. The molecule has 0 spiro atoms. The van der Waals surface area contributed by atoms with Crippen molar-refractivity contribution in [2.45, 2.75) is 25.1 Å². The van der Waals surface area contributed by atoms with E-state index < -0.39 is 22.7 Å². The highest BCUT2D eigenvalue weighted by molar-refractivity contribution is 6.56. The normalized spacial score (nSPS) is 14.6. The van der Waals surface area contributed by atoms with Crippen LogP contribution in [0.4, 0.5) is 0 Å². The van der Waals surface area contributed by atoms with Crippen LogP contribution in [0.5, 0.6) is 0 Å². The highest BCUT2D eigenvalue weighted by Gasteiger charge is 2.41. The van der Waals surface area contributed by atoms with E-state index in [4.69, 9.17) is 34.8 Å². The zero-order chi connectivity index (χ0) is 14.6. The molecule has 0 saturated carbocycles. The fraction of sp³-hybridized carbons (Fsp3) is 0.357. The van der Waals surface area contributed by atoms with E-state index in [2.05, 4.69) is 0 Å². The minimum atomic E-state index is -0.930. The molecule has 0 aliphatic carbocycles. The molecular weight excluding hydrogens is 307 g/mol. The summed E-state index contributed by atoms with van der Waals surface area (Å²) in [6.45, 7) is 3.56. The minimum absolute atomic E-state index is 0.0327. The van der Waals surface area contributed by atoms with Crippen LogP contribution in [-0.4, -0.2) is 16.5 Å². The van der Waals surface area contributed by atoms with E-state index in [1.807, 2.05) is 6.07 Å². The Balaban J connectivity index is 3.19. The first-order valence-corrected chi connectivity index (χ1v) is 6.90. The van der Waals surface area contributed by atoms with Crippen molar-refractivity contribution in [3.05, 3.63) is 46.5 Å². The fourth-order valence-electron chi connectivity index (χ4n) is 2.02. The van der Waals surface area contributed by atoms with Crippen molar-refractivity contribution in [3.63, 3.8) is 0 Å². The average Bonchev–Trinajstić information content (AvgIpc) is 2.28. The van der Waals surface area contributed by atoms with Crippen LogP contribution in [0.2, 0.25) is 0 Å². The third-order valence-electron chi connectivity index (χ3n) is 3.11. The van der Waals surface area contributed by atoms with Gasteiger partial charge in [0.1, 0.15) is 4.49 Å². The Kier molecular flexibility index (Phi) is 5.72. The monoisotopic (exact) mass is 320 g/mol. The predicted octanol–water partition coefficient (Wildman–Crippen LogP) is 4.81. The number of carboxylic acid groups (broad SMARTS) is 1. The average molecular weight is 322 g/mol. The zero-order valence-corrected chi connectivity index (χ0v) is 12.9. The number of allylic oxidation sites excluding steroid dienone is 1. The van der Waals surface area contributed by atoms with Gasteiger partial charge in [0.25, 0.3) is 0 Å². The highest BCUT2D eigenvalue weighted by atomic mass is 35.5. The summed E-state index contributed by atoms with van der Waals surface area (Å²) in [6, 6.07) is 8.99. The summed E-state index contributed by atoms with van der Waals surface area (Å²) < 4.78 is 0.0327. The van der Waals surface area contributed by atoms with Crippen molar-refractivity contribution in [2.24, 2.45) is 5.41 Å². The quantitative estimate of drug-likeness (QED) is 0.790. The number of aliphatic carboxylic acids is 1. The van der Waals surface area contributed by atoms with Crippen LogP contribution in [0, 0.1) is 5.41 Å². The van der Waals surface area contributed by atoms with Crippen molar-refractivity contribution >= 4 is 40.8 Å². The second kappa shape index (κ2) is 6.65. The predicted molar refractivity (Wildman–Crippen MR) is 80.0 cm³/mol. The molecule has 2 atom stereocenters. The van der Waals surface area contributed by atoms with E-state index in [0.717, 1.165) is 0 Å². The summed E-state index contributed by atoms with van der Waals surface area (Å²) in [7, 11) is 0. The van der Waals surface area contributed by atoms with Gasteiger partial charge in [-0.1, -0.05) is 67.4 Å². The molecule has 104 valence electrons. The number of alkyl halides is 1. The minimum Gasteiger partial charge on any atom is -0.481 e. The van der Waals surface area contributed by atoms with Crippen LogP contribution < -0.4 is 0 Å². The first-order valence-electron chi connectivity index (χ1n) is 5.71.